The van der Waals surface area contributed by atoms with Gasteiger partial charge >= 0.3 is 0 Å². The summed E-state index contributed by atoms with van der Waals surface area (Å²) in [6, 6.07) is 8.96. The molecule has 0 spiro atoms. The smallest absolute Gasteiger partial charge is 0.0522 e. The molecule has 1 aliphatic rings. The molecule has 0 bridgehead atoms. The Balaban J connectivity index is 2.37. The van der Waals surface area contributed by atoms with Crippen LogP contribution < -0.4 is 5.32 Å². The molecule has 1 fully saturated rings. The molecular weight excluding hydrogens is 198 g/mol. The fourth-order valence-electron chi connectivity index (χ4n) is 2.45. The first-order valence-electron chi connectivity index (χ1n) is 6.09. The van der Waals surface area contributed by atoms with Gasteiger partial charge in [-0.3, -0.25) is 0 Å². The Morgan fingerprint density at radius 3 is 2.75 bits per heavy atom. The van der Waals surface area contributed by atoms with Gasteiger partial charge in [0.15, 0.2) is 0 Å². The van der Waals surface area contributed by atoms with Crippen molar-refractivity contribution in [2.45, 2.75) is 38.1 Å². The molecule has 0 saturated carbocycles. The van der Waals surface area contributed by atoms with Crippen molar-refractivity contribution < 1.29 is 5.11 Å². The Bertz CT molecular complexity index is 354. The van der Waals surface area contributed by atoms with Crippen LogP contribution in [-0.2, 0) is 5.41 Å². The van der Waals surface area contributed by atoms with Crippen LogP contribution in [0.1, 0.15) is 43.9 Å². The standard InChI is InChI=1S/C14H21NO/c1-14(2,10-16)12-7-4-3-6-11(12)13-8-5-9-15-13/h3-4,6-7,13,15-16H,5,8-10H2,1-2H3. The van der Waals surface area contributed by atoms with Crippen LogP contribution in [0.2, 0.25) is 0 Å². The maximum absolute atomic E-state index is 9.49. The lowest BCUT2D eigenvalue weighted by Crippen LogP contribution is -2.26. The minimum atomic E-state index is -0.152. The SMILES string of the molecule is CC(C)(CO)c1ccccc1C1CCCN1. The van der Waals surface area contributed by atoms with Crippen molar-refractivity contribution >= 4 is 0 Å². The van der Waals surface area contributed by atoms with Gasteiger partial charge in [-0.15, -0.1) is 0 Å². The Hall–Kier alpha value is -0.860. The third-order valence-corrected chi connectivity index (χ3v) is 3.52. The van der Waals surface area contributed by atoms with Crippen molar-refractivity contribution in [1.82, 2.24) is 5.32 Å². The van der Waals surface area contributed by atoms with E-state index in [-0.39, 0.29) is 12.0 Å². The average molecular weight is 219 g/mol. The van der Waals surface area contributed by atoms with Gasteiger partial charge in [-0.1, -0.05) is 38.1 Å². The molecule has 0 aromatic heterocycles. The zero-order chi connectivity index (χ0) is 11.6. The largest absolute Gasteiger partial charge is 0.395 e. The summed E-state index contributed by atoms with van der Waals surface area (Å²) in [5, 5.41) is 13.0. The second-order valence-electron chi connectivity index (χ2n) is 5.28. The monoisotopic (exact) mass is 219 g/mol. The van der Waals surface area contributed by atoms with Gasteiger partial charge in [-0.25, -0.2) is 0 Å². The molecule has 1 aromatic carbocycles. The zero-order valence-corrected chi connectivity index (χ0v) is 10.2. The van der Waals surface area contributed by atoms with Crippen LogP contribution in [0.5, 0.6) is 0 Å². The van der Waals surface area contributed by atoms with E-state index in [9.17, 15) is 5.11 Å². The topological polar surface area (TPSA) is 32.3 Å². The van der Waals surface area contributed by atoms with Crippen molar-refractivity contribution in [3.05, 3.63) is 35.4 Å². The van der Waals surface area contributed by atoms with Gasteiger partial charge in [0.25, 0.3) is 0 Å². The first kappa shape index (κ1) is 11.6. The summed E-state index contributed by atoms with van der Waals surface area (Å²) in [5.74, 6) is 0. The molecular formula is C14H21NO. The van der Waals surface area contributed by atoms with E-state index < -0.39 is 0 Å². The molecule has 88 valence electrons. The van der Waals surface area contributed by atoms with E-state index in [1.54, 1.807) is 0 Å². The molecule has 1 saturated heterocycles. The third kappa shape index (κ3) is 2.13. The number of aliphatic hydroxyl groups is 1. The predicted molar refractivity (Wildman–Crippen MR) is 66.5 cm³/mol. The summed E-state index contributed by atoms with van der Waals surface area (Å²) in [7, 11) is 0. The van der Waals surface area contributed by atoms with E-state index in [1.807, 2.05) is 0 Å². The normalized spacial score (nSPS) is 21.3. The van der Waals surface area contributed by atoms with Crippen molar-refractivity contribution in [1.29, 1.82) is 0 Å². The molecule has 0 radical (unpaired) electrons. The Morgan fingerprint density at radius 2 is 2.12 bits per heavy atom. The molecule has 0 amide bonds. The highest BCUT2D eigenvalue weighted by Crippen LogP contribution is 2.33. The van der Waals surface area contributed by atoms with Gasteiger partial charge in [0, 0.05) is 11.5 Å². The number of aliphatic hydroxyl groups excluding tert-OH is 1. The van der Waals surface area contributed by atoms with E-state index in [1.165, 1.54) is 24.0 Å². The zero-order valence-electron chi connectivity index (χ0n) is 10.2. The Morgan fingerprint density at radius 1 is 1.38 bits per heavy atom. The van der Waals surface area contributed by atoms with Crippen LogP contribution >= 0.6 is 0 Å². The lowest BCUT2D eigenvalue weighted by atomic mass is 9.80. The first-order valence-corrected chi connectivity index (χ1v) is 6.09. The number of hydrogen-bond acceptors (Lipinski definition) is 2. The number of nitrogens with one attached hydrogen (secondary N) is 1. The highest BCUT2D eigenvalue weighted by Gasteiger charge is 2.26. The molecule has 2 nitrogen and oxygen atoms in total. The Labute approximate surface area is 97.7 Å². The fraction of sp³-hybridized carbons (Fsp3) is 0.571. The quantitative estimate of drug-likeness (QED) is 0.818. The van der Waals surface area contributed by atoms with Crippen LogP contribution in [0.3, 0.4) is 0 Å². The summed E-state index contributed by atoms with van der Waals surface area (Å²) in [5.41, 5.74) is 2.48. The summed E-state index contributed by atoms with van der Waals surface area (Å²) >= 11 is 0. The highest BCUT2D eigenvalue weighted by atomic mass is 16.3. The number of benzene rings is 1. The molecule has 2 rings (SSSR count). The first-order chi connectivity index (χ1) is 7.65. The van der Waals surface area contributed by atoms with Crippen LogP contribution in [-0.4, -0.2) is 18.3 Å². The minimum absolute atomic E-state index is 0.152. The molecule has 1 heterocycles. The molecule has 2 N–H and O–H groups in total. The maximum atomic E-state index is 9.49. The van der Waals surface area contributed by atoms with Gasteiger partial charge in [0.05, 0.1) is 6.61 Å². The molecule has 1 aliphatic heterocycles. The van der Waals surface area contributed by atoms with Crippen LogP contribution in [0.25, 0.3) is 0 Å². The van der Waals surface area contributed by atoms with E-state index in [0.717, 1.165) is 6.54 Å². The van der Waals surface area contributed by atoms with E-state index in [2.05, 4.69) is 43.4 Å². The van der Waals surface area contributed by atoms with Crippen molar-refractivity contribution in [3.63, 3.8) is 0 Å². The van der Waals surface area contributed by atoms with Gasteiger partial charge in [-0.05, 0) is 30.5 Å². The molecule has 0 aliphatic carbocycles. The molecule has 16 heavy (non-hydrogen) atoms. The molecule has 1 unspecified atom stereocenters. The average Bonchev–Trinajstić information content (AvgIpc) is 2.82. The summed E-state index contributed by atoms with van der Waals surface area (Å²) in [6.45, 7) is 5.50. The maximum Gasteiger partial charge on any atom is 0.0522 e. The van der Waals surface area contributed by atoms with Crippen LogP contribution in [0.4, 0.5) is 0 Å². The summed E-state index contributed by atoms with van der Waals surface area (Å²) in [6.07, 6.45) is 2.46. The third-order valence-electron chi connectivity index (χ3n) is 3.52. The van der Waals surface area contributed by atoms with Gasteiger partial charge < -0.3 is 10.4 Å². The minimum Gasteiger partial charge on any atom is -0.395 e. The van der Waals surface area contributed by atoms with E-state index in [0.29, 0.717) is 6.04 Å². The molecule has 1 aromatic rings. The van der Waals surface area contributed by atoms with Crippen LogP contribution in [0, 0.1) is 0 Å². The molecule has 1 atom stereocenters. The van der Waals surface area contributed by atoms with Crippen molar-refractivity contribution in [2.24, 2.45) is 0 Å². The lowest BCUT2D eigenvalue weighted by Gasteiger charge is -2.27. The lowest BCUT2D eigenvalue weighted by molar-refractivity contribution is 0.217. The highest BCUT2D eigenvalue weighted by molar-refractivity contribution is 5.36. The van der Waals surface area contributed by atoms with Gasteiger partial charge in [0.2, 0.25) is 0 Å². The second kappa shape index (κ2) is 4.56. The predicted octanol–water partition coefficient (Wildman–Crippen LogP) is 2.38. The second-order valence-corrected chi connectivity index (χ2v) is 5.28. The van der Waals surface area contributed by atoms with Crippen LogP contribution in [0.15, 0.2) is 24.3 Å². The van der Waals surface area contributed by atoms with Gasteiger partial charge in [0.1, 0.15) is 0 Å². The van der Waals surface area contributed by atoms with Gasteiger partial charge in [-0.2, -0.15) is 0 Å². The molecule has 2 heteroatoms. The van der Waals surface area contributed by atoms with E-state index in [4.69, 9.17) is 0 Å². The number of hydrogen-bond donors (Lipinski definition) is 2. The fourth-order valence-corrected chi connectivity index (χ4v) is 2.45. The van der Waals surface area contributed by atoms with Crippen molar-refractivity contribution in [3.8, 4) is 0 Å². The number of rotatable bonds is 3. The van der Waals surface area contributed by atoms with Crippen molar-refractivity contribution in [2.75, 3.05) is 13.2 Å². The summed E-state index contributed by atoms with van der Waals surface area (Å²) in [4.78, 5) is 0. The Kier molecular flexibility index (Phi) is 3.31. The summed E-state index contributed by atoms with van der Waals surface area (Å²) < 4.78 is 0. The van der Waals surface area contributed by atoms with E-state index >= 15 is 0 Å².